The molecule has 1 aromatic heterocycles. The van der Waals surface area contributed by atoms with Crippen molar-refractivity contribution in [3.8, 4) is 11.3 Å². The zero-order chi connectivity index (χ0) is 24.8. The van der Waals surface area contributed by atoms with E-state index in [9.17, 15) is 18.3 Å². The Hall–Kier alpha value is -2.75. The van der Waals surface area contributed by atoms with Gasteiger partial charge in [-0.05, 0) is 54.0 Å². The molecule has 3 aromatic rings. The van der Waals surface area contributed by atoms with E-state index in [1.165, 1.54) is 9.71 Å². The number of carbonyl (C=O) groups excluding carboxylic acids is 1. The second-order valence-electron chi connectivity index (χ2n) is 8.15. The zero-order valence-electron chi connectivity index (χ0n) is 19.5. The van der Waals surface area contributed by atoms with Crippen molar-refractivity contribution < 1.29 is 18.3 Å². The summed E-state index contributed by atoms with van der Waals surface area (Å²) in [4.78, 5) is 19.0. The number of hydrogen-bond donors (Lipinski definition) is 1. The van der Waals surface area contributed by atoms with Gasteiger partial charge in [0.05, 0.1) is 5.69 Å². The Labute approximate surface area is 222 Å². The van der Waals surface area contributed by atoms with E-state index in [-0.39, 0.29) is 44.4 Å². The number of hydrogen-bond acceptors (Lipinski definition) is 5. The number of aromatic nitrogens is 1. The maximum absolute atomic E-state index is 13.1. The van der Waals surface area contributed by atoms with Crippen molar-refractivity contribution in [1.82, 2.24) is 14.2 Å². The topological polar surface area (TPSA) is 90.8 Å². The van der Waals surface area contributed by atoms with Crippen LogP contribution >= 0.6 is 24.0 Å². The predicted molar refractivity (Wildman–Crippen MR) is 144 cm³/mol. The van der Waals surface area contributed by atoms with E-state index < -0.39 is 10.0 Å². The van der Waals surface area contributed by atoms with E-state index in [1.54, 1.807) is 47.5 Å². The first-order valence-corrected chi connectivity index (χ1v) is 13.1. The lowest BCUT2D eigenvalue weighted by Gasteiger charge is -2.33. The molecule has 1 amide bonds. The Morgan fingerprint density at radius 3 is 2.17 bits per heavy atom. The van der Waals surface area contributed by atoms with E-state index >= 15 is 0 Å². The molecule has 1 N–H and O–H groups in total. The van der Waals surface area contributed by atoms with Crippen molar-refractivity contribution in [2.45, 2.75) is 6.42 Å². The number of aliphatic hydroxyl groups is 1. The lowest BCUT2D eigenvalue weighted by molar-refractivity contribution is 0.0698. The Balaban J connectivity index is 0.00000361. The standard InChI is InChI=1S/C26H26ClN3O4S.ClH/c27-24-10-8-20(9-11-24)23(12-18-31)19-35(33,34)30-16-14-29(15-17-30)26(32)22-6-4-21(5-7-22)25-3-1-2-13-28-25;/h1-11,13,19,31H,12,14-18H2;1H. The molecule has 190 valence electrons. The minimum atomic E-state index is -3.73. The second kappa shape index (κ2) is 12.5. The summed E-state index contributed by atoms with van der Waals surface area (Å²) in [5.74, 6) is -0.132. The van der Waals surface area contributed by atoms with Crippen LogP contribution in [0.25, 0.3) is 16.8 Å². The molecule has 2 aromatic carbocycles. The van der Waals surface area contributed by atoms with Crippen LogP contribution in [0.2, 0.25) is 5.02 Å². The average Bonchev–Trinajstić information content (AvgIpc) is 2.89. The highest BCUT2D eigenvalue weighted by molar-refractivity contribution is 7.92. The molecule has 1 saturated heterocycles. The minimum absolute atomic E-state index is 0. The fourth-order valence-electron chi connectivity index (χ4n) is 3.96. The zero-order valence-corrected chi connectivity index (χ0v) is 21.8. The molecule has 4 rings (SSSR count). The fraction of sp³-hybridized carbons (Fsp3) is 0.231. The molecule has 1 aliphatic rings. The van der Waals surface area contributed by atoms with Crippen LogP contribution in [0.3, 0.4) is 0 Å². The first kappa shape index (κ1) is 27.8. The van der Waals surface area contributed by atoms with E-state index in [4.69, 9.17) is 11.6 Å². The Morgan fingerprint density at radius 2 is 1.58 bits per heavy atom. The van der Waals surface area contributed by atoms with Crippen molar-refractivity contribution in [2.75, 3.05) is 32.8 Å². The largest absolute Gasteiger partial charge is 0.396 e. The molecule has 0 bridgehead atoms. The van der Waals surface area contributed by atoms with E-state index in [0.29, 0.717) is 34.8 Å². The maximum Gasteiger partial charge on any atom is 0.253 e. The molecule has 1 fully saturated rings. The van der Waals surface area contributed by atoms with E-state index in [1.807, 2.05) is 30.3 Å². The number of rotatable bonds is 7. The number of pyridine rings is 1. The Kier molecular flexibility index (Phi) is 9.64. The molecular weight excluding hydrogens is 521 g/mol. The molecule has 1 aliphatic heterocycles. The van der Waals surface area contributed by atoms with Crippen LogP contribution < -0.4 is 0 Å². The predicted octanol–water partition coefficient (Wildman–Crippen LogP) is 4.33. The molecule has 0 atom stereocenters. The molecule has 2 heterocycles. The highest BCUT2D eigenvalue weighted by Crippen LogP contribution is 2.24. The SMILES string of the molecule is Cl.O=C(c1ccc(-c2ccccn2)cc1)N1CCN(S(=O)(=O)C=C(CCO)c2ccc(Cl)cc2)CC1. The van der Waals surface area contributed by atoms with Crippen LogP contribution in [0.1, 0.15) is 22.3 Å². The molecule has 0 saturated carbocycles. The van der Waals surface area contributed by atoms with Crippen LogP contribution in [-0.2, 0) is 10.0 Å². The van der Waals surface area contributed by atoms with Gasteiger partial charge in [-0.25, -0.2) is 8.42 Å². The number of piperazine rings is 1. The minimum Gasteiger partial charge on any atom is -0.396 e. The molecule has 0 unspecified atom stereocenters. The summed E-state index contributed by atoms with van der Waals surface area (Å²) in [5, 5.41) is 11.2. The van der Waals surface area contributed by atoms with Gasteiger partial charge in [0, 0.05) is 60.5 Å². The monoisotopic (exact) mass is 547 g/mol. The third-order valence-electron chi connectivity index (χ3n) is 5.87. The maximum atomic E-state index is 13.1. The van der Waals surface area contributed by atoms with E-state index in [0.717, 1.165) is 11.3 Å². The summed E-state index contributed by atoms with van der Waals surface area (Å²) < 4.78 is 27.5. The van der Waals surface area contributed by atoms with Gasteiger partial charge >= 0.3 is 0 Å². The van der Waals surface area contributed by atoms with Gasteiger partial charge in [-0.15, -0.1) is 12.4 Å². The summed E-state index contributed by atoms with van der Waals surface area (Å²) in [6.07, 6.45) is 1.92. The number of amides is 1. The van der Waals surface area contributed by atoms with Gasteiger partial charge in [0.1, 0.15) is 0 Å². The summed E-state index contributed by atoms with van der Waals surface area (Å²) in [6.45, 7) is 0.812. The number of halogens is 2. The number of aliphatic hydroxyl groups excluding tert-OH is 1. The van der Waals surface area contributed by atoms with Gasteiger partial charge in [-0.2, -0.15) is 4.31 Å². The van der Waals surface area contributed by atoms with Crippen molar-refractivity contribution in [3.63, 3.8) is 0 Å². The molecule has 7 nitrogen and oxygen atoms in total. The normalized spacial score (nSPS) is 14.8. The third-order valence-corrected chi connectivity index (χ3v) is 7.78. The molecule has 0 spiro atoms. The first-order valence-electron chi connectivity index (χ1n) is 11.3. The van der Waals surface area contributed by atoms with Gasteiger partial charge in [0.15, 0.2) is 0 Å². The van der Waals surface area contributed by atoms with Gasteiger partial charge in [0.25, 0.3) is 5.91 Å². The van der Waals surface area contributed by atoms with Crippen LogP contribution in [0.15, 0.2) is 78.3 Å². The smallest absolute Gasteiger partial charge is 0.253 e. The van der Waals surface area contributed by atoms with Crippen LogP contribution in [0.5, 0.6) is 0 Å². The average molecular weight is 548 g/mol. The lowest BCUT2D eigenvalue weighted by atomic mass is 10.1. The fourth-order valence-corrected chi connectivity index (χ4v) is 5.52. The third kappa shape index (κ3) is 6.72. The number of benzene rings is 2. The van der Waals surface area contributed by atoms with Gasteiger partial charge < -0.3 is 10.0 Å². The lowest BCUT2D eigenvalue weighted by Crippen LogP contribution is -2.50. The molecule has 0 aliphatic carbocycles. The van der Waals surface area contributed by atoms with Crippen LogP contribution in [0.4, 0.5) is 0 Å². The number of carbonyl (C=O) groups is 1. The van der Waals surface area contributed by atoms with Crippen molar-refractivity contribution >= 4 is 45.5 Å². The number of sulfonamides is 1. The van der Waals surface area contributed by atoms with Crippen molar-refractivity contribution in [1.29, 1.82) is 0 Å². The highest BCUT2D eigenvalue weighted by Gasteiger charge is 2.28. The van der Waals surface area contributed by atoms with Gasteiger partial charge in [0.2, 0.25) is 10.0 Å². The van der Waals surface area contributed by atoms with Crippen LogP contribution in [0, 0.1) is 0 Å². The summed E-state index contributed by atoms with van der Waals surface area (Å²) in [6, 6.07) is 19.8. The quantitative estimate of drug-likeness (QED) is 0.475. The molecular formula is C26H27Cl2N3O4S. The number of nitrogens with zero attached hydrogens (tertiary/aromatic N) is 3. The molecule has 0 radical (unpaired) electrons. The van der Waals surface area contributed by atoms with E-state index in [2.05, 4.69) is 4.98 Å². The highest BCUT2D eigenvalue weighted by atomic mass is 35.5. The van der Waals surface area contributed by atoms with Crippen molar-refractivity contribution in [3.05, 3.63) is 94.5 Å². The summed E-state index contributed by atoms with van der Waals surface area (Å²) >= 11 is 5.94. The van der Waals surface area contributed by atoms with Gasteiger partial charge in [-0.3, -0.25) is 9.78 Å². The Bertz CT molecular complexity index is 1290. The molecule has 36 heavy (non-hydrogen) atoms. The van der Waals surface area contributed by atoms with Crippen LogP contribution in [-0.4, -0.2) is 66.4 Å². The van der Waals surface area contributed by atoms with Gasteiger partial charge in [-0.1, -0.05) is 41.9 Å². The Morgan fingerprint density at radius 1 is 0.944 bits per heavy atom. The van der Waals surface area contributed by atoms with Crippen molar-refractivity contribution in [2.24, 2.45) is 0 Å². The summed E-state index contributed by atoms with van der Waals surface area (Å²) in [5.41, 5.74) is 3.50. The summed E-state index contributed by atoms with van der Waals surface area (Å²) in [7, 11) is -3.73. The second-order valence-corrected chi connectivity index (χ2v) is 10.4. The molecule has 10 heteroatoms. The first-order chi connectivity index (χ1) is 16.9.